The van der Waals surface area contributed by atoms with Crippen LogP contribution in [0, 0.1) is 0 Å². The second-order valence-electron chi connectivity index (χ2n) is 7.11. The molecule has 5 heteroatoms. The molecule has 1 rings (SSSR count). The van der Waals surface area contributed by atoms with Gasteiger partial charge in [0.15, 0.2) is 0 Å². The van der Waals surface area contributed by atoms with Gasteiger partial charge in [-0.1, -0.05) is 0 Å². The molecule has 0 radical (unpaired) electrons. The van der Waals surface area contributed by atoms with E-state index in [1.54, 1.807) is 0 Å². The van der Waals surface area contributed by atoms with Crippen LogP contribution in [0.1, 0.15) is 53.9 Å². The van der Waals surface area contributed by atoms with Gasteiger partial charge in [0.1, 0.15) is 5.60 Å². The van der Waals surface area contributed by atoms with Crippen LogP contribution in [0.15, 0.2) is 0 Å². The van der Waals surface area contributed by atoms with Gasteiger partial charge in [0, 0.05) is 31.8 Å². The van der Waals surface area contributed by atoms with Crippen molar-refractivity contribution in [2.75, 3.05) is 26.2 Å². The number of nitrogens with zero attached hydrogens (tertiary/aromatic N) is 2. The number of aliphatic hydroxyl groups excluding tert-OH is 1. The Bertz CT molecular complexity index is 316. The van der Waals surface area contributed by atoms with E-state index in [4.69, 9.17) is 9.84 Å². The fraction of sp³-hybridized carbons (Fsp3) is 0.938. The van der Waals surface area contributed by atoms with Crippen molar-refractivity contribution in [2.24, 2.45) is 0 Å². The fourth-order valence-corrected chi connectivity index (χ4v) is 2.86. The molecule has 0 saturated carbocycles. The molecule has 1 amide bonds. The molecule has 124 valence electrons. The van der Waals surface area contributed by atoms with Gasteiger partial charge in [-0.2, -0.15) is 0 Å². The number of hydrogen-bond donors (Lipinski definition) is 1. The Balaban J connectivity index is 2.47. The van der Waals surface area contributed by atoms with Gasteiger partial charge in [0.25, 0.3) is 0 Å². The van der Waals surface area contributed by atoms with Crippen molar-refractivity contribution in [2.45, 2.75) is 71.6 Å². The van der Waals surface area contributed by atoms with Gasteiger partial charge in [-0.15, -0.1) is 0 Å². The lowest BCUT2D eigenvalue weighted by atomic mass is 10.1. The summed E-state index contributed by atoms with van der Waals surface area (Å²) >= 11 is 0. The number of carbonyl (C=O) groups excluding carboxylic acids is 1. The summed E-state index contributed by atoms with van der Waals surface area (Å²) in [6.07, 6.45) is 2.82. The Kier molecular flexibility index (Phi) is 6.94. The van der Waals surface area contributed by atoms with Gasteiger partial charge in [0.2, 0.25) is 0 Å². The van der Waals surface area contributed by atoms with Gasteiger partial charge < -0.3 is 14.7 Å². The second-order valence-corrected chi connectivity index (χ2v) is 7.11. The van der Waals surface area contributed by atoms with Crippen LogP contribution in [-0.4, -0.2) is 64.9 Å². The Morgan fingerprint density at radius 1 is 1.14 bits per heavy atom. The van der Waals surface area contributed by atoms with Crippen molar-refractivity contribution in [1.29, 1.82) is 0 Å². The monoisotopic (exact) mass is 300 g/mol. The summed E-state index contributed by atoms with van der Waals surface area (Å²) in [6.45, 7) is 12.8. The molecule has 2 unspecified atom stereocenters. The van der Waals surface area contributed by atoms with E-state index in [2.05, 4.69) is 18.7 Å². The maximum absolute atomic E-state index is 12.2. The normalized spacial score (nSPS) is 24.2. The first kappa shape index (κ1) is 18.2. The highest BCUT2D eigenvalue weighted by Gasteiger charge is 2.33. The minimum Gasteiger partial charge on any atom is -0.444 e. The molecule has 5 nitrogen and oxygen atoms in total. The molecule has 0 aromatic carbocycles. The van der Waals surface area contributed by atoms with Crippen LogP contribution in [0.4, 0.5) is 4.79 Å². The topological polar surface area (TPSA) is 53.0 Å². The minimum absolute atomic E-state index is 0.207. The van der Waals surface area contributed by atoms with Crippen LogP contribution < -0.4 is 0 Å². The van der Waals surface area contributed by atoms with E-state index >= 15 is 0 Å². The maximum atomic E-state index is 12.2. The molecule has 0 aromatic rings. The van der Waals surface area contributed by atoms with Crippen LogP contribution in [0.2, 0.25) is 0 Å². The number of piperazine rings is 1. The molecule has 0 aromatic heterocycles. The highest BCUT2D eigenvalue weighted by Crippen LogP contribution is 2.19. The van der Waals surface area contributed by atoms with Gasteiger partial charge in [-0.05, 0) is 60.4 Å². The minimum atomic E-state index is -0.439. The van der Waals surface area contributed by atoms with Crippen molar-refractivity contribution in [3.05, 3.63) is 0 Å². The van der Waals surface area contributed by atoms with Crippen LogP contribution >= 0.6 is 0 Å². The van der Waals surface area contributed by atoms with Gasteiger partial charge in [-0.3, -0.25) is 4.90 Å². The number of carbonyl (C=O) groups is 1. The fourth-order valence-electron chi connectivity index (χ4n) is 2.86. The highest BCUT2D eigenvalue weighted by molar-refractivity contribution is 5.68. The quantitative estimate of drug-likeness (QED) is 0.793. The summed E-state index contributed by atoms with van der Waals surface area (Å²) in [4.78, 5) is 16.4. The number of amides is 1. The van der Waals surface area contributed by atoms with Crippen molar-refractivity contribution < 1.29 is 14.6 Å². The Morgan fingerprint density at radius 3 is 2.19 bits per heavy atom. The lowest BCUT2D eigenvalue weighted by Crippen LogP contribution is -2.58. The van der Waals surface area contributed by atoms with Crippen molar-refractivity contribution in [1.82, 2.24) is 9.80 Å². The highest BCUT2D eigenvalue weighted by atomic mass is 16.6. The summed E-state index contributed by atoms with van der Waals surface area (Å²) in [6, 6.07) is 0.686. The summed E-state index contributed by atoms with van der Waals surface area (Å²) in [5.41, 5.74) is -0.439. The molecule has 1 saturated heterocycles. The molecular formula is C16H32N2O3. The number of unbranched alkanes of at least 4 members (excludes halogenated alkanes) is 2. The molecule has 2 atom stereocenters. The number of aliphatic hydroxyl groups is 1. The molecule has 1 aliphatic heterocycles. The lowest BCUT2D eigenvalue weighted by Gasteiger charge is -2.44. The molecule has 21 heavy (non-hydrogen) atoms. The zero-order chi connectivity index (χ0) is 16.0. The Labute approximate surface area is 129 Å². The van der Waals surface area contributed by atoms with E-state index in [0.717, 1.165) is 38.9 Å². The largest absolute Gasteiger partial charge is 0.444 e. The van der Waals surface area contributed by atoms with Gasteiger partial charge in [0.05, 0.1) is 0 Å². The molecule has 1 aliphatic rings. The van der Waals surface area contributed by atoms with E-state index in [-0.39, 0.29) is 12.7 Å². The van der Waals surface area contributed by atoms with Gasteiger partial charge >= 0.3 is 6.09 Å². The van der Waals surface area contributed by atoms with Crippen molar-refractivity contribution >= 4 is 6.09 Å². The first-order chi connectivity index (χ1) is 9.74. The SMILES string of the molecule is CC1CN(C(=O)OC(C)(C)C)CC(C)N1CCCCCO. The third-order valence-electron chi connectivity index (χ3n) is 3.83. The average Bonchev–Trinajstić information content (AvgIpc) is 2.34. The standard InChI is InChI=1S/C16H32N2O3/c1-13-11-17(15(20)21-16(3,4)5)12-14(2)18(13)9-7-6-8-10-19/h13-14,19H,6-12H2,1-5H3. The molecule has 0 aliphatic carbocycles. The predicted octanol–water partition coefficient (Wildman–Crippen LogP) is 2.48. The first-order valence-corrected chi connectivity index (χ1v) is 8.09. The van der Waals surface area contributed by atoms with Crippen LogP contribution in [0.3, 0.4) is 0 Å². The van der Waals surface area contributed by atoms with E-state index in [9.17, 15) is 4.79 Å². The van der Waals surface area contributed by atoms with E-state index in [1.165, 1.54) is 0 Å². The molecular weight excluding hydrogens is 268 g/mol. The Hall–Kier alpha value is -0.810. The Morgan fingerprint density at radius 2 is 1.71 bits per heavy atom. The smallest absolute Gasteiger partial charge is 0.410 e. The van der Waals surface area contributed by atoms with Crippen molar-refractivity contribution in [3.8, 4) is 0 Å². The molecule has 0 spiro atoms. The molecule has 1 N–H and O–H groups in total. The van der Waals surface area contributed by atoms with E-state index in [1.807, 2.05) is 25.7 Å². The van der Waals surface area contributed by atoms with Crippen LogP contribution in [-0.2, 0) is 4.74 Å². The first-order valence-electron chi connectivity index (χ1n) is 8.09. The molecule has 1 heterocycles. The van der Waals surface area contributed by atoms with Crippen molar-refractivity contribution in [3.63, 3.8) is 0 Å². The second kappa shape index (κ2) is 7.99. The summed E-state index contributed by atoms with van der Waals surface area (Å²) < 4.78 is 5.46. The van der Waals surface area contributed by atoms with Gasteiger partial charge in [-0.25, -0.2) is 4.79 Å². The maximum Gasteiger partial charge on any atom is 0.410 e. The summed E-state index contributed by atoms with van der Waals surface area (Å²) in [5.74, 6) is 0. The average molecular weight is 300 g/mol. The summed E-state index contributed by atoms with van der Waals surface area (Å²) in [7, 11) is 0. The third kappa shape index (κ3) is 6.22. The zero-order valence-electron chi connectivity index (χ0n) is 14.3. The zero-order valence-corrected chi connectivity index (χ0v) is 14.3. The summed E-state index contributed by atoms with van der Waals surface area (Å²) in [5, 5.41) is 8.82. The van der Waals surface area contributed by atoms with E-state index in [0.29, 0.717) is 12.1 Å². The van der Waals surface area contributed by atoms with Crippen LogP contribution in [0.5, 0.6) is 0 Å². The van der Waals surface area contributed by atoms with Crippen LogP contribution in [0.25, 0.3) is 0 Å². The number of ether oxygens (including phenoxy) is 1. The molecule has 0 bridgehead atoms. The predicted molar refractivity (Wildman–Crippen MR) is 84.4 cm³/mol. The van der Waals surface area contributed by atoms with E-state index < -0.39 is 5.60 Å². The third-order valence-corrected chi connectivity index (χ3v) is 3.83. The number of hydrogen-bond acceptors (Lipinski definition) is 4. The number of rotatable bonds is 5. The molecule has 1 fully saturated rings. The lowest BCUT2D eigenvalue weighted by molar-refractivity contribution is -0.00790.